The molecular formula is C17H21IN4OS. The van der Waals surface area contributed by atoms with Gasteiger partial charge in [-0.2, -0.15) is 5.10 Å². The Bertz CT molecular complexity index is 725. The summed E-state index contributed by atoms with van der Waals surface area (Å²) in [5, 5.41) is 7.70. The summed E-state index contributed by atoms with van der Waals surface area (Å²) in [5.41, 5.74) is 7.32. The van der Waals surface area contributed by atoms with Crippen LogP contribution in [0.15, 0.2) is 35.4 Å². The second kappa shape index (κ2) is 9.14. The largest absolute Gasteiger partial charge is 0.383 e. The van der Waals surface area contributed by atoms with Gasteiger partial charge in [0.2, 0.25) is 0 Å². The van der Waals surface area contributed by atoms with Crippen LogP contribution in [0.3, 0.4) is 0 Å². The maximum atomic E-state index is 5.14. The zero-order valence-electron chi connectivity index (χ0n) is 14.0. The number of rotatable bonds is 6. The lowest BCUT2D eigenvalue weighted by atomic mass is 10.2. The first-order valence-electron chi connectivity index (χ1n) is 7.53. The number of hydrogen-bond acceptors (Lipinski definition) is 3. The van der Waals surface area contributed by atoms with Crippen molar-refractivity contribution in [3.05, 3.63) is 50.9 Å². The second-order valence-electron chi connectivity index (χ2n) is 5.26. The topological polar surface area (TPSA) is 50.6 Å². The minimum atomic E-state index is 0.481. The number of benzene rings is 1. The smallest absolute Gasteiger partial charge is 0.187 e. The summed E-state index contributed by atoms with van der Waals surface area (Å²) in [6, 6.07) is 10.6. The fourth-order valence-corrected chi connectivity index (χ4v) is 2.89. The number of halogens is 1. The molecule has 0 atom stereocenters. The van der Waals surface area contributed by atoms with Crippen LogP contribution in [-0.4, -0.2) is 36.2 Å². The molecule has 0 radical (unpaired) electrons. The van der Waals surface area contributed by atoms with E-state index < -0.39 is 0 Å². The summed E-state index contributed by atoms with van der Waals surface area (Å²) < 4.78 is 8.39. The normalized spacial score (nSPS) is 11.0. The first-order valence-corrected chi connectivity index (χ1v) is 9.02. The Balaban J connectivity index is 2.07. The van der Waals surface area contributed by atoms with Gasteiger partial charge in [-0.25, -0.2) is 0 Å². The van der Waals surface area contributed by atoms with E-state index >= 15 is 0 Å². The van der Waals surface area contributed by atoms with Crippen molar-refractivity contribution in [2.75, 3.05) is 20.3 Å². The van der Waals surface area contributed by atoms with Crippen molar-refractivity contribution in [3.63, 3.8) is 0 Å². The van der Waals surface area contributed by atoms with Gasteiger partial charge in [-0.05, 0) is 79.0 Å². The Kier molecular flexibility index (Phi) is 7.19. The van der Waals surface area contributed by atoms with Crippen molar-refractivity contribution in [3.8, 4) is 5.69 Å². The van der Waals surface area contributed by atoms with Crippen molar-refractivity contribution in [1.29, 1.82) is 0 Å². The molecule has 128 valence electrons. The van der Waals surface area contributed by atoms with Crippen molar-refractivity contribution < 1.29 is 4.74 Å². The van der Waals surface area contributed by atoms with Crippen LogP contribution in [0, 0.1) is 17.4 Å². The lowest BCUT2D eigenvalue weighted by Gasteiger charge is -2.09. The standard InChI is InChI=1S/C17H21IN4OS/c1-12-10-14(11-20-21-17(24)19-8-9-23-3)13(2)22(12)16-6-4-15(18)5-7-16/h4-7,10-11H,8-9H2,1-3H3,(H2,19,21,24). The second-order valence-corrected chi connectivity index (χ2v) is 6.91. The third kappa shape index (κ3) is 5.02. The number of hydrazone groups is 1. The van der Waals surface area contributed by atoms with Gasteiger partial charge in [-0.15, -0.1) is 0 Å². The van der Waals surface area contributed by atoms with Gasteiger partial charge in [0, 0.05) is 39.9 Å². The van der Waals surface area contributed by atoms with Crippen molar-refractivity contribution in [1.82, 2.24) is 15.3 Å². The fourth-order valence-electron chi connectivity index (χ4n) is 2.37. The maximum absolute atomic E-state index is 5.14. The molecule has 0 saturated heterocycles. The van der Waals surface area contributed by atoms with Gasteiger partial charge in [0.1, 0.15) is 0 Å². The molecule has 2 aromatic rings. The van der Waals surface area contributed by atoms with E-state index in [1.54, 1.807) is 13.3 Å². The van der Waals surface area contributed by atoms with Crippen molar-refractivity contribution >= 4 is 46.1 Å². The van der Waals surface area contributed by atoms with E-state index in [9.17, 15) is 0 Å². The highest BCUT2D eigenvalue weighted by Crippen LogP contribution is 2.20. The van der Waals surface area contributed by atoms with Crippen LogP contribution in [0.4, 0.5) is 0 Å². The molecule has 1 aromatic heterocycles. The molecule has 7 heteroatoms. The highest BCUT2D eigenvalue weighted by atomic mass is 127. The number of ether oxygens (including phenoxy) is 1. The number of aromatic nitrogens is 1. The Morgan fingerprint density at radius 1 is 1.33 bits per heavy atom. The van der Waals surface area contributed by atoms with E-state index in [2.05, 4.69) is 87.2 Å². The molecule has 0 aliphatic rings. The van der Waals surface area contributed by atoms with Gasteiger partial charge in [0.05, 0.1) is 12.8 Å². The SMILES string of the molecule is COCCNC(=S)NN=Cc1cc(C)n(-c2ccc(I)cc2)c1C. The van der Waals surface area contributed by atoms with E-state index in [4.69, 9.17) is 17.0 Å². The minimum Gasteiger partial charge on any atom is -0.383 e. The number of thiocarbonyl (C=S) groups is 1. The van der Waals surface area contributed by atoms with Gasteiger partial charge < -0.3 is 14.6 Å². The van der Waals surface area contributed by atoms with Crippen LogP contribution < -0.4 is 10.7 Å². The molecule has 0 bridgehead atoms. The Morgan fingerprint density at radius 3 is 2.71 bits per heavy atom. The molecule has 0 amide bonds. The lowest BCUT2D eigenvalue weighted by molar-refractivity contribution is 0.204. The van der Waals surface area contributed by atoms with E-state index in [0.29, 0.717) is 18.3 Å². The van der Waals surface area contributed by atoms with Crippen LogP contribution in [0.25, 0.3) is 5.69 Å². The van der Waals surface area contributed by atoms with E-state index in [-0.39, 0.29) is 0 Å². The van der Waals surface area contributed by atoms with Crippen LogP contribution in [0.1, 0.15) is 17.0 Å². The molecule has 2 N–H and O–H groups in total. The quantitative estimate of drug-likeness (QED) is 0.231. The highest BCUT2D eigenvalue weighted by molar-refractivity contribution is 14.1. The highest BCUT2D eigenvalue weighted by Gasteiger charge is 2.09. The summed E-state index contributed by atoms with van der Waals surface area (Å²) in [5.74, 6) is 0. The van der Waals surface area contributed by atoms with Gasteiger partial charge in [0.15, 0.2) is 5.11 Å². The van der Waals surface area contributed by atoms with Crippen LogP contribution in [-0.2, 0) is 4.74 Å². The molecule has 0 spiro atoms. The molecular weight excluding hydrogens is 435 g/mol. The molecule has 24 heavy (non-hydrogen) atoms. The predicted octanol–water partition coefficient (Wildman–Crippen LogP) is 3.14. The lowest BCUT2D eigenvalue weighted by Crippen LogP contribution is -2.34. The average molecular weight is 456 g/mol. The van der Waals surface area contributed by atoms with Crippen molar-refractivity contribution in [2.24, 2.45) is 5.10 Å². The van der Waals surface area contributed by atoms with Gasteiger partial charge in [-0.1, -0.05) is 0 Å². The average Bonchev–Trinajstić information content (AvgIpc) is 2.83. The minimum absolute atomic E-state index is 0.481. The Morgan fingerprint density at radius 2 is 2.04 bits per heavy atom. The number of nitrogens with zero attached hydrogens (tertiary/aromatic N) is 2. The molecule has 0 fully saturated rings. The summed E-state index contributed by atoms with van der Waals surface area (Å²) in [4.78, 5) is 0. The molecule has 1 heterocycles. The summed E-state index contributed by atoms with van der Waals surface area (Å²) in [6.07, 6.45) is 1.79. The first-order chi connectivity index (χ1) is 11.5. The third-order valence-corrected chi connectivity index (χ3v) is 4.47. The maximum Gasteiger partial charge on any atom is 0.187 e. The summed E-state index contributed by atoms with van der Waals surface area (Å²) in [6.45, 7) is 5.43. The van der Waals surface area contributed by atoms with Crippen LogP contribution >= 0.6 is 34.8 Å². The van der Waals surface area contributed by atoms with E-state index in [1.165, 1.54) is 3.57 Å². The number of methoxy groups -OCH3 is 1. The summed E-state index contributed by atoms with van der Waals surface area (Å²) in [7, 11) is 1.65. The number of nitrogens with one attached hydrogen (secondary N) is 2. The van der Waals surface area contributed by atoms with Crippen LogP contribution in [0.5, 0.6) is 0 Å². The third-order valence-electron chi connectivity index (χ3n) is 3.52. The molecule has 1 aromatic carbocycles. The Hall–Kier alpha value is -1.45. The van der Waals surface area contributed by atoms with Crippen LogP contribution in [0.2, 0.25) is 0 Å². The molecule has 5 nitrogen and oxygen atoms in total. The number of aryl methyl sites for hydroxylation is 1. The van der Waals surface area contributed by atoms with E-state index in [0.717, 1.165) is 22.6 Å². The zero-order chi connectivity index (χ0) is 17.5. The fraction of sp³-hybridized carbons (Fsp3) is 0.294. The summed E-state index contributed by atoms with van der Waals surface area (Å²) >= 11 is 7.45. The molecule has 2 rings (SSSR count). The van der Waals surface area contributed by atoms with Crippen molar-refractivity contribution in [2.45, 2.75) is 13.8 Å². The number of hydrogen-bond donors (Lipinski definition) is 2. The zero-order valence-corrected chi connectivity index (χ0v) is 16.9. The monoisotopic (exact) mass is 456 g/mol. The van der Waals surface area contributed by atoms with Gasteiger partial charge >= 0.3 is 0 Å². The molecule has 0 unspecified atom stereocenters. The molecule has 0 saturated carbocycles. The van der Waals surface area contributed by atoms with Gasteiger partial charge in [-0.3, -0.25) is 5.43 Å². The molecule has 0 aliphatic carbocycles. The van der Waals surface area contributed by atoms with Gasteiger partial charge in [0.25, 0.3) is 0 Å². The van der Waals surface area contributed by atoms with E-state index in [1.807, 2.05) is 0 Å². The Labute approximate surface area is 161 Å². The predicted molar refractivity (Wildman–Crippen MR) is 111 cm³/mol. The molecule has 0 aliphatic heterocycles. The first kappa shape index (κ1) is 18.9.